The number of carbonyl (C=O) groups is 1. The second-order valence-corrected chi connectivity index (χ2v) is 7.52. The van der Waals surface area contributed by atoms with E-state index in [1.807, 2.05) is 6.92 Å². The van der Waals surface area contributed by atoms with Crippen LogP contribution in [0.5, 0.6) is 0 Å². The number of hydrogen-bond acceptors (Lipinski definition) is 5. The van der Waals surface area contributed by atoms with Crippen molar-refractivity contribution in [1.29, 1.82) is 0 Å². The Morgan fingerprint density at radius 1 is 1.45 bits per heavy atom. The van der Waals surface area contributed by atoms with Gasteiger partial charge in [-0.3, -0.25) is 4.79 Å². The lowest BCUT2D eigenvalue weighted by atomic mass is 10.2. The van der Waals surface area contributed by atoms with Crippen molar-refractivity contribution in [1.82, 2.24) is 0 Å². The highest BCUT2D eigenvalue weighted by Gasteiger charge is 2.54. The molecule has 0 aromatic carbocycles. The van der Waals surface area contributed by atoms with Crippen molar-refractivity contribution in [2.75, 3.05) is 0 Å². The third kappa shape index (κ3) is 1.57. The molecule has 0 spiro atoms. The number of thioether (sulfide) groups is 1. The Bertz CT molecular complexity index is 199. The first-order valence-electron chi connectivity index (χ1n) is 3.18. The van der Waals surface area contributed by atoms with Crippen LogP contribution in [0.25, 0.3) is 0 Å². The van der Waals surface area contributed by atoms with Crippen molar-refractivity contribution in [3.05, 3.63) is 0 Å². The number of hydrogen-bond donors (Lipinski definition) is 3. The number of carbonyl (C=O) groups excluding carboxylic acids is 1. The Hall–Kier alpha value is 1.07. The predicted octanol–water partition coefficient (Wildman–Crippen LogP) is 1.89. The van der Waals surface area contributed by atoms with Crippen LogP contribution < -0.4 is 0 Å². The Balaban J connectivity index is 2.99. The van der Waals surface area contributed by atoms with E-state index in [0.717, 1.165) is 0 Å². The summed E-state index contributed by atoms with van der Waals surface area (Å²) in [6.07, 6.45) is 0. The standard InChI is InChI=1S/C6H10OS4/c1-3-6(9,10)4(7)5(2,8)11-3/h3,8-10H,1-2H3. The van der Waals surface area contributed by atoms with Gasteiger partial charge in [-0.25, -0.2) is 0 Å². The van der Waals surface area contributed by atoms with Crippen molar-refractivity contribution in [3.8, 4) is 0 Å². The molecular formula is C6H10OS4. The van der Waals surface area contributed by atoms with Gasteiger partial charge in [0.2, 0.25) is 0 Å². The van der Waals surface area contributed by atoms with E-state index in [2.05, 4.69) is 37.9 Å². The van der Waals surface area contributed by atoms with Crippen molar-refractivity contribution in [2.45, 2.75) is 27.3 Å². The van der Waals surface area contributed by atoms with Crippen LogP contribution in [0.4, 0.5) is 0 Å². The predicted molar refractivity (Wildman–Crippen MR) is 60.2 cm³/mol. The van der Waals surface area contributed by atoms with E-state index in [-0.39, 0.29) is 11.0 Å². The molecule has 1 rings (SSSR count). The molecule has 5 heteroatoms. The molecule has 11 heavy (non-hydrogen) atoms. The first kappa shape index (κ1) is 10.2. The Labute approximate surface area is 87.3 Å². The van der Waals surface area contributed by atoms with Crippen molar-refractivity contribution in [3.63, 3.8) is 0 Å². The van der Waals surface area contributed by atoms with Gasteiger partial charge in [-0.2, -0.15) is 37.9 Å². The summed E-state index contributed by atoms with van der Waals surface area (Å²) in [7, 11) is 0. The summed E-state index contributed by atoms with van der Waals surface area (Å²) < 4.78 is -1.44. The van der Waals surface area contributed by atoms with Gasteiger partial charge in [0.25, 0.3) is 0 Å². The zero-order chi connectivity index (χ0) is 8.86. The first-order valence-corrected chi connectivity index (χ1v) is 5.40. The molecule has 0 saturated carbocycles. The van der Waals surface area contributed by atoms with Gasteiger partial charge in [0, 0.05) is 5.25 Å². The topological polar surface area (TPSA) is 17.1 Å². The number of ketones is 1. The van der Waals surface area contributed by atoms with E-state index in [4.69, 9.17) is 0 Å². The van der Waals surface area contributed by atoms with E-state index < -0.39 is 8.16 Å². The lowest BCUT2D eigenvalue weighted by Crippen LogP contribution is -2.34. The first-order chi connectivity index (χ1) is 4.78. The molecule has 0 amide bonds. The van der Waals surface area contributed by atoms with E-state index in [1.165, 1.54) is 11.8 Å². The van der Waals surface area contributed by atoms with Crippen LogP contribution in [0.1, 0.15) is 13.8 Å². The van der Waals surface area contributed by atoms with Crippen LogP contribution in [0, 0.1) is 0 Å². The van der Waals surface area contributed by atoms with E-state index in [0.29, 0.717) is 0 Å². The fraction of sp³-hybridized carbons (Fsp3) is 0.833. The average molecular weight is 226 g/mol. The van der Waals surface area contributed by atoms with Gasteiger partial charge in [0.05, 0.1) is 0 Å². The molecule has 0 aromatic heterocycles. The number of thiol groups is 3. The average Bonchev–Trinajstić information content (AvgIpc) is 1.94. The normalized spacial score (nSPS) is 43.0. The van der Waals surface area contributed by atoms with Crippen molar-refractivity contribution in [2.24, 2.45) is 0 Å². The molecule has 2 unspecified atom stereocenters. The van der Waals surface area contributed by atoms with Crippen LogP contribution in [-0.2, 0) is 4.79 Å². The Kier molecular flexibility index (Phi) is 2.57. The second-order valence-electron chi connectivity index (χ2n) is 2.80. The maximum atomic E-state index is 11.5. The van der Waals surface area contributed by atoms with E-state index in [9.17, 15) is 4.79 Å². The molecule has 0 aromatic rings. The monoisotopic (exact) mass is 226 g/mol. The lowest BCUT2D eigenvalue weighted by Gasteiger charge is -2.18. The molecule has 1 nitrogen and oxygen atoms in total. The smallest absolute Gasteiger partial charge is 0.184 e. The van der Waals surface area contributed by atoms with Gasteiger partial charge >= 0.3 is 0 Å². The minimum absolute atomic E-state index is 0.0162. The minimum atomic E-state index is -0.818. The maximum absolute atomic E-state index is 11.5. The summed E-state index contributed by atoms with van der Waals surface area (Å²) in [5, 5.41) is 0.101. The van der Waals surface area contributed by atoms with Gasteiger partial charge in [0.1, 0.15) is 8.16 Å². The van der Waals surface area contributed by atoms with Crippen LogP contribution in [0.2, 0.25) is 0 Å². The maximum Gasteiger partial charge on any atom is 0.184 e. The number of rotatable bonds is 0. The highest BCUT2D eigenvalue weighted by atomic mass is 32.2. The van der Waals surface area contributed by atoms with E-state index in [1.54, 1.807) is 6.92 Å². The zero-order valence-corrected chi connectivity index (χ0v) is 9.74. The molecule has 0 aliphatic carbocycles. The van der Waals surface area contributed by atoms with Gasteiger partial charge in [-0.1, -0.05) is 6.92 Å². The summed E-state index contributed by atoms with van der Waals surface area (Å²) in [6, 6.07) is 0. The van der Waals surface area contributed by atoms with Crippen LogP contribution >= 0.6 is 49.6 Å². The molecule has 64 valence electrons. The zero-order valence-electron chi connectivity index (χ0n) is 6.24. The summed E-state index contributed by atoms with van der Waals surface area (Å²) in [4.78, 5) is 11.5. The lowest BCUT2D eigenvalue weighted by molar-refractivity contribution is -0.118. The van der Waals surface area contributed by atoms with Crippen molar-refractivity contribution >= 4 is 55.4 Å². The van der Waals surface area contributed by atoms with Gasteiger partial charge in [-0.15, -0.1) is 11.8 Å². The summed E-state index contributed by atoms with van der Waals surface area (Å²) in [5.74, 6) is -0.0162. The minimum Gasteiger partial charge on any atom is -0.295 e. The molecule has 1 aliphatic heterocycles. The van der Waals surface area contributed by atoms with Crippen LogP contribution in [-0.4, -0.2) is 19.2 Å². The van der Waals surface area contributed by atoms with Crippen molar-refractivity contribution < 1.29 is 4.79 Å². The van der Waals surface area contributed by atoms with Gasteiger partial charge in [0.15, 0.2) is 5.78 Å². The molecule has 0 N–H and O–H groups in total. The van der Waals surface area contributed by atoms with Gasteiger partial charge in [-0.05, 0) is 6.92 Å². The second kappa shape index (κ2) is 2.79. The van der Waals surface area contributed by atoms with E-state index >= 15 is 0 Å². The highest BCUT2D eigenvalue weighted by Crippen LogP contribution is 2.52. The largest absolute Gasteiger partial charge is 0.295 e. The Morgan fingerprint density at radius 2 is 1.91 bits per heavy atom. The molecule has 2 atom stereocenters. The molecular weight excluding hydrogens is 216 g/mol. The molecule has 1 heterocycles. The van der Waals surface area contributed by atoms with Gasteiger partial charge < -0.3 is 0 Å². The summed E-state index contributed by atoms with van der Waals surface area (Å²) in [5.41, 5.74) is 0. The molecule has 1 aliphatic rings. The molecule has 1 fully saturated rings. The third-order valence-electron chi connectivity index (χ3n) is 1.73. The van der Waals surface area contributed by atoms with Crippen LogP contribution in [0.15, 0.2) is 0 Å². The van der Waals surface area contributed by atoms with Crippen LogP contribution in [0.3, 0.4) is 0 Å². The summed E-state index contributed by atoms with van der Waals surface area (Å²) >= 11 is 14.1. The summed E-state index contributed by atoms with van der Waals surface area (Å²) in [6.45, 7) is 3.72. The molecule has 1 saturated heterocycles. The fourth-order valence-electron chi connectivity index (χ4n) is 1.01. The molecule has 0 radical (unpaired) electrons. The highest BCUT2D eigenvalue weighted by molar-refractivity contribution is 8.16. The third-order valence-corrected chi connectivity index (χ3v) is 5.13. The molecule has 0 bridgehead atoms. The SMILES string of the molecule is CC1SC(C)(S)C(=O)C1(S)S. The Morgan fingerprint density at radius 3 is 2.00 bits per heavy atom. The number of Topliss-reactive ketones (excluding diaryl/α,β-unsaturated/α-hetero) is 1. The fourth-order valence-corrected chi connectivity index (χ4v) is 3.98. The quantitative estimate of drug-likeness (QED) is 0.432.